The third-order valence-corrected chi connectivity index (χ3v) is 16.1. The van der Waals surface area contributed by atoms with Crippen LogP contribution in [0.3, 0.4) is 0 Å². The zero-order valence-electron chi connectivity index (χ0n) is 34.5. The summed E-state index contributed by atoms with van der Waals surface area (Å²) in [5.74, 6) is -1.02. The Morgan fingerprint density at radius 1 is 0.679 bits per heavy atom. The number of aliphatic hydroxyl groups is 4. The topological polar surface area (TPSA) is 181 Å². The Hall–Kier alpha value is -1.01. The van der Waals surface area contributed by atoms with Crippen LogP contribution in [0.25, 0.3) is 0 Å². The fourth-order valence-corrected chi connectivity index (χ4v) is 13.1. The van der Waals surface area contributed by atoms with Crippen LogP contribution in [0.5, 0.6) is 0 Å². The lowest BCUT2D eigenvalue weighted by Gasteiger charge is -2.64. The molecule has 3 unspecified atom stereocenters. The lowest BCUT2D eigenvalue weighted by molar-refractivity contribution is -0.334. The number of hydrogen-bond acceptors (Lipinski definition) is 14. The maximum atomic E-state index is 12.8. The van der Waals surface area contributed by atoms with Crippen LogP contribution in [0, 0.1) is 34.5 Å². The highest BCUT2D eigenvalue weighted by Gasteiger charge is 2.72. The molecule has 0 radical (unpaired) electrons. The van der Waals surface area contributed by atoms with E-state index in [-0.39, 0.29) is 60.5 Å². The van der Waals surface area contributed by atoms with Gasteiger partial charge in [0, 0.05) is 24.7 Å². The van der Waals surface area contributed by atoms with Gasteiger partial charge in [0.05, 0.1) is 67.5 Å². The molecular weight excluding hydrogens is 728 g/mol. The Morgan fingerprint density at radius 3 is 1.91 bits per heavy atom. The number of carbonyl (C=O) groups excluding carboxylic acids is 1. The van der Waals surface area contributed by atoms with E-state index < -0.39 is 84.3 Å². The molecule has 14 heteroatoms. The van der Waals surface area contributed by atoms with Crippen molar-refractivity contribution in [1.82, 2.24) is 0 Å². The summed E-state index contributed by atoms with van der Waals surface area (Å²) < 4.78 is 55.0. The van der Waals surface area contributed by atoms with E-state index in [1.807, 2.05) is 41.5 Å². The van der Waals surface area contributed by atoms with Crippen molar-refractivity contribution in [3.05, 3.63) is 0 Å². The number of methoxy groups -OCH3 is 1. The molecule has 0 spiro atoms. The molecule has 320 valence electrons. The van der Waals surface area contributed by atoms with Crippen molar-refractivity contribution in [3.63, 3.8) is 0 Å². The number of ether oxygens (including phenoxy) is 9. The first kappa shape index (κ1) is 41.7. The van der Waals surface area contributed by atoms with Crippen LogP contribution < -0.4 is 0 Å². The molecule has 0 aromatic rings. The standard InChI is InChI=1S/C42H68O14/c1-20-35(53-33-18-29(44)36(21(2)50-33)54-34-19-30-37(22(3)51-34)56-39(4,5)55-30)28(43)17-32(49-20)52-24-11-13-40(6)23(15-24)9-10-25-27(40)16-31(45)41(7)26(38(46)48-8)12-14-42(25,41)47/h20-37,43-45,47H,9-19H2,1-8H3/t20-,21-,22-,23-,24+,25-,26-,27+,28+,29+,30+,31-,32?,33?,34?,35-,36-,37-,40+,41+,42+/m1/s1. The van der Waals surface area contributed by atoms with Crippen LogP contribution in [0.15, 0.2) is 0 Å². The van der Waals surface area contributed by atoms with Crippen molar-refractivity contribution in [2.45, 2.75) is 216 Å². The van der Waals surface area contributed by atoms with Gasteiger partial charge in [-0.2, -0.15) is 0 Å². The zero-order valence-corrected chi connectivity index (χ0v) is 34.5. The minimum atomic E-state index is -1.11. The summed E-state index contributed by atoms with van der Waals surface area (Å²) in [5, 5.41) is 46.6. The van der Waals surface area contributed by atoms with E-state index in [1.54, 1.807) is 0 Å². The predicted molar refractivity (Wildman–Crippen MR) is 197 cm³/mol. The number of carbonyl (C=O) groups is 1. The van der Waals surface area contributed by atoms with Crippen LogP contribution in [0.2, 0.25) is 0 Å². The van der Waals surface area contributed by atoms with Crippen LogP contribution in [0.4, 0.5) is 0 Å². The summed E-state index contributed by atoms with van der Waals surface area (Å²) in [7, 11) is 1.38. The molecule has 0 amide bonds. The van der Waals surface area contributed by atoms with Crippen molar-refractivity contribution in [3.8, 4) is 0 Å². The summed E-state index contributed by atoms with van der Waals surface area (Å²) in [6.07, 6.45) is -0.534. The highest BCUT2D eigenvalue weighted by atomic mass is 16.8. The van der Waals surface area contributed by atoms with Gasteiger partial charge in [-0.3, -0.25) is 4.79 Å². The fourth-order valence-electron chi connectivity index (χ4n) is 13.1. The largest absolute Gasteiger partial charge is 0.469 e. The minimum absolute atomic E-state index is 0.0162. The molecule has 0 bridgehead atoms. The molecule has 0 aromatic heterocycles. The molecular formula is C42H68O14. The maximum Gasteiger partial charge on any atom is 0.309 e. The number of rotatable bonds is 7. The number of hydrogen-bond donors (Lipinski definition) is 4. The molecule has 4 saturated heterocycles. The molecule has 4 aliphatic heterocycles. The van der Waals surface area contributed by atoms with E-state index in [9.17, 15) is 25.2 Å². The molecule has 4 N–H and O–H groups in total. The summed E-state index contributed by atoms with van der Waals surface area (Å²) in [6.45, 7) is 13.7. The fraction of sp³-hybridized carbons (Fsp3) is 0.976. The first-order valence-corrected chi connectivity index (χ1v) is 21.5. The number of fused-ring (bicyclic) bond motifs is 6. The molecule has 56 heavy (non-hydrogen) atoms. The molecule has 8 fully saturated rings. The lowest BCUT2D eigenvalue weighted by Crippen LogP contribution is -2.67. The summed E-state index contributed by atoms with van der Waals surface area (Å²) in [6, 6.07) is 0. The Labute approximate surface area is 331 Å². The predicted octanol–water partition coefficient (Wildman–Crippen LogP) is 3.71. The third-order valence-electron chi connectivity index (χ3n) is 16.1. The SMILES string of the molecule is COC(=O)[C@H]1CC[C@]2(O)[C@@H]3CC[C@@H]4C[C@@H](OC5C[C@H](O)[C@H](OC6C[C@H](O)[C@H](OC7C[C@@H]8OC(C)(C)O[C@@H]8[C@@H](C)O7)[C@@H](C)O6)[C@@H](C)O5)CC[C@]4(C)[C@H]3C[C@@H](O)[C@]12C. The third kappa shape index (κ3) is 7.01. The lowest BCUT2D eigenvalue weighted by atomic mass is 9.42. The van der Waals surface area contributed by atoms with E-state index in [4.69, 9.17) is 42.6 Å². The van der Waals surface area contributed by atoms with Crippen molar-refractivity contribution in [2.75, 3.05) is 7.11 Å². The van der Waals surface area contributed by atoms with Crippen LogP contribution in [0.1, 0.15) is 119 Å². The van der Waals surface area contributed by atoms with Crippen molar-refractivity contribution >= 4 is 5.97 Å². The molecule has 8 aliphatic rings. The van der Waals surface area contributed by atoms with Crippen molar-refractivity contribution in [1.29, 1.82) is 0 Å². The molecule has 0 aromatic carbocycles. The zero-order chi connectivity index (χ0) is 40.1. The second kappa shape index (κ2) is 15.2. The van der Waals surface area contributed by atoms with Gasteiger partial charge in [-0.05, 0) is 109 Å². The number of esters is 1. The first-order valence-electron chi connectivity index (χ1n) is 21.5. The Morgan fingerprint density at radius 2 is 1.29 bits per heavy atom. The number of aliphatic hydroxyl groups excluding tert-OH is 3. The Kier molecular flexibility index (Phi) is 11.3. The molecule has 4 heterocycles. The molecule has 14 nitrogen and oxygen atoms in total. The van der Waals surface area contributed by atoms with E-state index in [0.29, 0.717) is 31.6 Å². The van der Waals surface area contributed by atoms with Crippen molar-refractivity contribution < 1.29 is 67.9 Å². The minimum Gasteiger partial charge on any atom is -0.469 e. The van der Waals surface area contributed by atoms with Gasteiger partial charge in [0.15, 0.2) is 24.7 Å². The molecule has 4 aliphatic carbocycles. The van der Waals surface area contributed by atoms with Gasteiger partial charge >= 0.3 is 5.97 Å². The summed E-state index contributed by atoms with van der Waals surface area (Å²) in [5.41, 5.74) is -2.11. The van der Waals surface area contributed by atoms with Crippen molar-refractivity contribution in [2.24, 2.45) is 34.5 Å². The van der Waals surface area contributed by atoms with Crippen LogP contribution in [-0.4, -0.2) is 131 Å². The van der Waals surface area contributed by atoms with Gasteiger partial charge < -0.3 is 63.1 Å². The van der Waals surface area contributed by atoms with Gasteiger partial charge in [0.2, 0.25) is 0 Å². The summed E-state index contributed by atoms with van der Waals surface area (Å²) >= 11 is 0. The maximum absolute atomic E-state index is 12.8. The summed E-state index contributed by atoms with van der Waals surface area (Å²) in [4.78, 5) is 12.8. The highest BCUT2D eigenvalue weighted by Crippen LogP contribution is 2.69. The normalized spacial score (nSPS) is 55.4. The van der Waals surface area contributed by atoms with Gasteiger partial charge in [0.1, 0.15) is 18.3 Å². The van der Waals surface area contributed by atoms with E-state index in [0.717, 1.165) is 32.1 Å². The Balaban J connectivity index is 0.823. The van der Waals surface area contributed by atoms with E-state index >= 15 is 0 Å². The monoisotopic (exact) mass is 796 g/mol. The second-order valence-electron chi connectivity index (χ2n) is 19.6. The average Bonchev–Trinajstić information content (AvgIpc) is 3.60. The molecule has 8 rings (SSSR count). The average molecular weight is 797 g/mol. The Bertz CT molecular complexity index is 1410. The van der Waals surface area contributed by atoms with Gasteiger partial charge in [-0.15, -0.1) is 0 Å². The smallest absolute Gasteiger partial charge is 0.309 e. The van der Waals surface area contributed by atoms with Crippen LogP contribution >= 0.6 is 0 Å². The quantitative estimate of drug-likeness (QED) is 0.216. The van der Waals surface area contributed by atoms with E-state index in [1.165, 1.54) is 7.11 Å². The second-order valence-corrected chi connectivity index (χ2v) is 19.6. The first-order chi connectivity index (χ1) is 26.4. The van der Waals surface area contributed by atoms with E-state index in [2.05, 4.69) is 6.92 Å². The molecule has 4 saturated carbocycles. The highest BCUT2D eigenvalue weighted by molar-refractivity contribution is 5.74. The molecule has 21 atom stereocenters. The van der Waals surface area contributed by atoms with Gasteiger partial charge in [-0.25, -0.2) is 0 Å². The van der Waals surface area contributed by atoms with Gasteiger partial charge in [-0.1, -0.05) is 13.8 Å². The van der Waals surface area contributed by atoms with Crippen LogP contribution in [-0.2, 0) is 47.4 Å². The van der Waals surface area contributed by atoms with Gasteiger partial charge in [0.25, 0.3) is 0 Å².